The minimum absolute atomic E-state index is 0.0417. The molecule has 146 valence electrons. The molecule has 0 aromatic carbocycles. The van der Waals surface area contributed by atoms with Gasteiger partial charge in [0.1, 0.15) is 24.3 Å². The molecule has 0 unspecified atom stereocenters. The molecule has 1 aliphatic heterocycles. The van der Waals surface area contributed by atoms with Gasteiger partial charge in [-0.05, 0) is 19.9 Å². The fourth-order valence-corrected chi connectivity index (χ4v) is 3.46. The second kappa shape index (κ2) is 7.47. The Morgan fingerprint density at radius 2 is 1.89 bits per heavy atom. The molecule has 0 saturated carbocycles. The van der Waals surface area contributed by atoms with Crippen molar-refractivity contribution in [1.82, 2.24) is 34.7 Å². The number of piperazine rings is 1. The Morgan fingerprint density at radius 1 is 1.07 bits per heavy atom. The van der Waals surface area contributed by atoms with E-state index in [1.54, 1.807) is 23.4 Å². The summed E-state index contributed by atoms with van der Waals surface area (Å²) in [7, 11) is 0. The highest BCUT2D eigenvalue weighted by atomic mass is 16.3. The van der Waals surface area contributed by atoms with Crippen molar-refractivity contribution in [2.45, 2.75) is 25.8 Å². The highest BCUT2D eigenvalue weighted by Gasteiger charge is 2.35. The molecule has 1 N–H and O–H groups in total. The van der Waals surface area contributed by atoms with Crippen LogP contribution < -0.4 is 9.80 Å². The lowest BCUT2D eigenvalue weighted by Gasteiger charge is -2.47. The molecule has 4 rings (SSSR count). The van der Waals surface area contributed by atoms with Gasteiger partial charge in [0, 0.05) is 44.5 Å². The summed E-state index contributed by atoms with van der Waals surface area (Å²) >= 11 is 0. The van der Waals surface area contributed by atoms with Crippen molar-refractivity contribution < 1.29 is 5.11 Å². The molecular weight excluding hydrogens is 358 g/mol. The van der Waals surface area contributed by atoms with Gasteiger partial charge < -0.3 is 14.9 Å². The Morgan fingerprint density at radius 3 is 2.64 bits per heavy atom. The van der Waals surface area contributed by atoms with Crippen molar-refractivity contribution in [1.29, 1.82) is 0 Å². The molecule has 1 saturated heterocycles. The number of anilines is 2. The van der Waals surface area contributed by atoms with E-state index in [4.69, 9.17) is 5.11 Å². The Kier molecular flexibility index (Phi) is 4.86. The highest BCUT2D eigenvalue weighted by Crippen LogP contribution is 2.28. The second-order valence-electron chi connectivity index (χ2n) is 7.25. The van der Waals surface area contributed by atoms with E-state index < -0.39 is 0 Å². The van der Waals surface area contributed by atoms with E-state index in [9.17, 15) is 0 Å². The highest BCUT2D eigenvalue weighted by molar-refractivity contribution is 5.46. The van der Waals surface area contributed by atoms with Gasteiger partial charge in [-0.25, -0.2) is 24.6 Å². The normalized spacial score (nSPS) is 16.4. The van der Waals surface area contributed by atoms with Crippen LogP contribution in [0.5, 0.6) is 0 Å². The summed E-state index contributed by atoms with van der Waals surface area (Å²) in [5.74, 6) is 2.89. The third-order valence-corrected chi connectivity index (χ3v) is 4.77. The molecule has 10 nitrogen and oxygen atoms in total. The summed E-state index contributed by atoms with van der Waals surface area (Å²) < 4.78 is 1.62. The number of rotatable bonds is 5. The third-order valence-electron chi connectivity index (χ3n) is 4.77. The van der Waals surface area contributed by atoms with Gasteiger partial charge in [-0.15, -0.1) is 0 Å². The first kappa shape index (κ1) is 18.2. The topological polar surface area (TPSA) is 109 Å². The van der Waals surface area contributed by atoms with Crippen LogP contribution in [0.25, 0.3) is 5.82 Å². The molecule has 28 heavy (non-hydrogen) atoms. The fraction of sp³-hybridized carbons (Fsp3) is 0.444. The van der Waals surface area contributed by atoms with Crippen LogP contribution in [0.4, 0.5) is 11.8 Å². The molecule has 10 heteroatoms. The largest absolute Gasteiger partial charge is 0.396 e. The van der Waals surface area contributed by atoms with E-state index in [2.05, 4.69) is 53.7 Å². The van der Waals surface area contributed by atoms with Crippen LogP contribution in [0.3, 0.4) is 0 Å². The molecule has 0 bridgehead atoms. The van der Waals surface area contributed by atoms with Gasteiger partial charge >= 0.3 is 0 Å². The van der Waals surface area contributed by atoms with E-state index in [0.29, 0.717) is 24.0 Å². The van der Waals surface area contributed by atoms with Gasteiger partial charge in [0.2, 0.25) is 5.95 Å². The number of aromatic nitrogens is 7. The zero-order chi connectivity index (χ0) is 19.6. The number of aliphatic hydroxyl groups excluding tert-OH is 1. The molecular formula is C18H23N9O. The number of hydrogen-bond donors (Lipinski definition) is 1. The summed E-state index contributed by atoms with van der Waals surface area (Å²) in [6.45, 7) is 6.68. The van der Waals surface area contributed by atoms with Crippen molar-refractivity contribution in [2.75, 3.05) is 36.0 Å². The van der Waals surface area contributed by atoms with Gasteiger partial charge in [-0.1, -0.05) is 0 Å². The molecule has 0 spiro atoms. The van der Waals surface area contributed by atoms with E-state index in [-0.39, 0.29) is 12.1 Å². The SMILES string of the molecule is CC1(C)CN(c2nccc(-n3cncn3)n2)CCN1c1ccnc(CCO)n1. The molecule has 0 amide bonds. The van der Waals surface area contributed by atoms with E-state index >= 15 is 0 Å². The van der Waals surface area contributed by atoms with Gasteiger partial charge in [0.15, 0.2) is 5.82 Å². The van der Waals surface area contributed by atoms with Crippen molar-refractivity contribution in [3.8, 4) is 5.82 Å². The standard InChI is InChI=1S/C18H23N9O/c1-18(2)11-25(17-21-7-4-16(24-17)27-13-19-12-22-27)8-9-26(18)15-3-6-20-14(23-15)5-10-28/h3-4,6-7,12-13,28H,5,8-11H2,1-2H3. The first-order chi connectivity index (χ1) is 13.6. The number of aliphatic hydroxyl groups is 1. The van der Waals surface area contributed by atoms with Gasteiger partial charge in [0.05, 0.1) is 12.1 Å². The molecule has 4 heterocycles. The molecule has 3 aromatic heterocycles. The van der Waals surface area contributed by atoms with Crippen LogP contribution in [-0.2, 0) is 6.42 Å². The lowest BCUT2D eigenvalue weighted by Crippen LogP contribution is -2.60. The van der Waals surface area contributed by atoms with E-state index in [1.165, 1.54) is 6.33 Å². The van der Waals surface area contributed by atoms with Gasteiger partial charge in [-0.2, -0.15) is 10.1 Å². The summed E-state index contributed by atoms with van der Waals surface area (Å²) in [5.41, 5.74) is -0.185. The maximum Gasteiger partial charge on any atom is 0.227 e. The smallest absolute Gasteiger partial charge is 0.227 e. The Bertz CT molecular complexity index is 928. The predicted octanol–water partition coefficient (Wildman–Crippen LogP) is 0.487. The predicted molar refractivity (Wildman–Crippen MR) is 103 cm³/mol. The first-order valence-corrected chi connectivity index (χ1v) is 9.20. The minimum atomic E-state index is -0.185. The van der Waals surface area contributed by atoms with E-state index in [0.717, 1.165) is 25.5 Å². The lowest BCUT2D eigenvalue weighted by molar-refractivity contribution is 0.296. The van der Waals surface area contributed by atoms with Crippen molar-refractivity contribution in [3.63, 3.8) is 0 Å². The molecule has 0 aliphatic carbocycles. The van der Waals surface area contributed by atoms with E-state index in [1.807, 2.05) is 12.1 Å². The zero-order valence-electron chi connectivity index (χ0n) is 16.0. The molecule has 3 aromatic rings. The van der Waals surface area contributed by atoms with Crippen molar-refractivity contribution >= 4 is 11.8 Å². The summed E-state index contributed by atoms with van der Waals surface area (Å²) in [5, 5.41) is 13.3. The number of nitrogens with zero attached hydrogens (tertiary/aromatic N) is 9. The third kappa shape index (κ3) is 3.63. The van der Waals surface area contributed by atoms with Crippen LogP contribution in [0.2, 0.25) is 0 Å². The summed E-state index contributed by atoms with van der Waals surface area (Å²) in [6.07, 6.45) is 7.05. The molecule has 1 aliphatic rings. The fourth-order valence-electron chi connectivity index (χ4n) is 3.46. The van der Waals surface area contributed by atoms with Crippen LogP contribution >= 0.6 is 0 Å². The van der Waals surface area contributed by atoms with Gasteiger partial charge in [0.25, 0.3) is 0 Å². The lowest BCUT2D eigenvalue weighted by atomic mass is 9.99. The Hall–Kier alpha value is -3.14. The maximum absolute atomic E-state index is 9.15. The van der Waals surface area contributed by atoms with Crippen LogP contribution in [-0.4, -0.2) is 71.6 Å². The zero-order valence-corrected chi connectivity index (χ0v) is 16.0. The minimum Gasteiger partial charge on any atom is -0.396 e. The molecule has 0 atom stereocenters. The monoisotopic (exact) mass is 381 g/mol. The van der Waals surface area contributed by atoms with Crippen molar-refractivity contribution in [3.05, 3.63) is 43.0 Å². The van der Waals surface area contributed by atoms with Crippen LogP contribution in [0, 0.1) is 0 Å². The van der Waals surface area contributed by atoms with Crippen molar-refractivity contribution in [2.24, 2.45) is 0 Å². The summed E-state index contributed by atoms with van der Waals surface area (Å²) in [6, 6.07) is 3.73. The second-order valence-corrected chi connectivity index (χ2v) is 7.25. The molecule has 0 radical (unpaired) electrons. The molecule has 1 fully saturated rings. The Labute approximate surface area is 162 Å². The van der Waals surface area contributed by atoms with Crippen LogP contribution in [0.1, 0.15) is 19.7 Å². The number of hydrogen-bond acceptors (Lipinski definition) is 9. The summed E-state index contributed by atoms with van der Waals surface area (Å²) in [4.78, 5) is 26.4. The Balaban J connectivity index is 1.54. The first-order valence-electron chi connectivity index (χ1n) is 9.20. The average Bonchev–Trinajstić information content (AvgIpc) is 3.23. The maximum atomic E-state index is 9.15. The quantitative estimate of drug-likeness (QED) is 0.675. The average molecular weight is 381 g/mol. The van der Waals surface area contributed by atoms with Crippen LogP contribution in [0.15, 0.2) is 37.2 Å². The van der Waals surface area contributed by atoms with Gasteiger partial charge in [-0.3, -0.25) is 0 Å².